The molecule has 2 amide bonds. The number of carbonyl (C=O) groups is 2. The Kier molecular flexibility index (Phi) is 5.50. The lowest BCUT2D eigenvalue weighted by atomic mass is 10.1. The Morgan fingerprint density at radius 1 is 1.50 bits per heavy atom. The molecule has 24 heavy (non-hydrogen) atoms. The topological polar surface area (TPSA) is 119 Å². The Morgan fingerprint density at radius 3 is 2.79 bits per heavy atom. The van der Waals surface area contributed by atoms with Gasteiger partial charge in [-0.05, 0) is 38.8 Å². The van der Waals surface area contributed by atoms with Crippen molar-refractivity contribution in [3.8, 4) is 0 Å². The third-order valence-electron chi connectivity index (χ3n) is 4.31. The Morgan fingerprint density at radius 2 is 2.21 bits per heavy atom. The Labute approximate surface area is 140 Å². The average Bonchev–Trinajstić information content (AvgIpc) is 2.95. The number of likely N-dealkylation sites (tertiary alicyclic amines) is 1. The number of nitrogens with one attached hydrogen (secondary N) is 1. The van der Waals surface area contributed by atoms with Gasteiger partial charge in [-0.15, -0.1) is 0 Å². The summed E-state index contributed by atoms with van der Waals surface area (Å²) in [6.07, 6.45) is 0.855. The van der Waals surface area contributed by atoms with Crippen molar-refractivity contribution in [3.05, 3.63) is 39.9 Å². The van der Waals surface area contributed by atoms with Crippen LogP contribution in [0.3, 0.4) is 0 Å². The molecule has 130 valence electrons. The molecule has 1 saturated heterocycles. The molecular formula is C16H22N4O4. The third kappa shape index (κ3) is 3.88. The van der Waals surface area contributed by atoms with E-state index in [1.165, 1.54) is 24.3 Å². The summed E-state index contributed by atoms with van der Waals surface area (Å²) in [5, 5.41) is 13.4. The van der Waals surface area contributed by atoms with E-state index in [4.69, 9.17) is 5.73 Å². The van der Waals surface area contributed by atoms with Gasteiger partial charge in [-0.25, -0.2) is 0 Å². The molecule has 2 rings (SSSR count). The SMILES string of the molecule is CC(NC(=O)c1cccc([N+](=O)[O-])c1)C(=O)N1CC(CN)CC1C. The molecule has 0 radical (unpaired) electrons. The number of nitrogens with two attached hydrogens (primary N) is 1. The number of nitro groups is 1. The Bertz CT molecular complexity index is 649. The molecular weight excluding hydrogens is 312 g/mol. The summed E-state index contributed by atoms with van der Waals surface area (Å²) in [7, 11) is 0. The number of nitro benzene ring substituents is 1. The van der Waals surface area contributed by atoms with Gasteiger partial charge in [0.25, 0.3) is 11.6 Å². The molecule has 8 nitrogen and oxygen atoms in total. The van der Waals surface area contributed by atoms with Crippen LogP contribution in [0.4, 0.5) is 5.69 Å². The highest BCUT2D eigenvalue weighted by Gasteiger charge is 2.34. The molecule has 3 unspecified atom stereocenters. The predicted octanol–water partition coefficient (Wildman–Crippen LogP) is 0.909. The molecule has 1 heterocycles. The number of carbonyl (C=O) groups excluding carboxylic acids is 2. The second-order valence-electron chi connectivity index (χ2n) is 6.18. The van der Waals surface area contributed by atoms with Crippen molar-refractivity contribution < 1.29 is 14.5 Å². The van der Waals surface area contributed by atoms with Crippen molar-refractivity contribution in [1.82, 2.24) is 10.2 Å². The van der Waals surface area contributed by atoms with Crippen LogP contribution >= 0.6 is 0 Å². The molecule has 0 bridgehead atoms. The van der Waals surface area contributed by atoms with Gasteiger partial charge in [-0.3, -0.25) is 19.7 Å². The van der Waals surface area contributed by atoms with Gasteiger partial charge in [0.05, 0.1) is 4.92 Å². The number of non-ortho nitro benzene ring substituents is 1. The Hall–Kier alpha value is -2.48. The highest BCUT2D eigenvalue weighted by atomic mass is 16.6. The number of amides is 2. The van der Waals surface area contributed by atoms with Crippen molar-refractivity contribution >= 4 is 17.5 Å². The second-order valence-corrected chi connectivity index (χ2v) is 6.18. The smallest absolute Gasteiger partial charge is 0.270 e. The van der Waals surface area contributed by atoms with E-state index in [0.29, 0.717) is 13.1 Å². The fourth-order valence-corrected chi connectivity index (χ4v) is 2.97. The van der Waals surface area contributed by atoms with Gasteiger partial charge >= 0.3 is 0 Å². The molecule has 8 heteroatoms. The average molecular weight is 334 g/mol. The van der Waals surface area contributed by atoms with Crippen LogP contribution in [0, 0.1) is 16.0 Å². The molecule has 0 aliphatic carbocycles. The monoisotopic (exact) mass is 334 g/mol. The summed E-state index contributed by atoms with van der Waals surface area (Å²) >= 11 is 0. The number of hydrogen-bond donors (Lipinski definition) is 2. The molecule has 1 fully saturated rings. The second kappa shape index (κ2) is 7.39. The number of rotatable bonds is 5. The molecule has 1 aromatic carbocycles. The van der Waals surface area contributed by atoms with Crippen molar-refractivity contribution in [3.63, 3.8) is 0 Å². The van der Waals surface area contributed by atoms with Crippen molar-refractivity contribution in [2.24, 2.45) is 11.7 Å². The Balaban J connectivity index is 2.02. The van der Waals surface area contributed by atoms with E-state index in [-0.39, 0.29) is 29.1 Å². The van der Waals surface area contributed by atoms with Crippen LogP contribution in [-0.4, -0.2) is 46.8 Å². The van der Waals surface area contributed by atoms with Crippen LogP contribution in [0.5, 0.6) is 0 Å². The molecule has 1 aliphatic heterocycles. The summed E-state index contributed by atoms with van der Waals surface area (Å²) in [5.41, 5.74) is 5.65. The van der Waals surface area contributed by atoms with Gasteiger partial charge in [0, 0.05) is 30.3 Å². The van der Waals surface area contributed by atoms with E-state index >= 15 is 0 Å². The quantitative estimate of drug-likeness (QED) is 0.613. The zero-order chi connectivity index (χ0) is 17.9. The summed E-state index contributed by atoms with van der Waals surface area (Å²) in [6, 6.07) is 4.79. The standard InChI is InChI=1S/C16H22N4O4/c1-10-6-12(8-17)9-19(10)16(22)11(2)18-15(21)13-4-3-5-14(7-13)20(23)24/h3-5,7,10-12H,6,8-9,17H2,1-2H3,(H,18,21). The fraction of sp³-hybridized carbons (Fsp3) is 0.500. The van der Waals surface area contributed by atoms with E-state index in [2.05, 4.69) is 5.32 Å². The molecule has 0 spiro atoms. The minimum Gasteiger partial charge on any atom is -0.341 e. The largest absolute Gasteiger partial charge is 0.341 e. The summed E-state index contributed by atoms with van der Waals surface area (Å²) in [5.74, 6) is -0.400. The van der Waals surface area contributed by atoms with Gasteiger partial charge < -0.3 is 16.0 Å². The van der Waals surface area contributed by atoms with Gasteiger partial charge in [0.2, 0.25) is 5.91 Å². The van der Waals surface area contributed by atoms with Crippen LogP contribution in [0.15, 0.2) is 24.3 Å². The van der Waals surface area contributed by atoms with Crippen LogP contribution < -0.4 is 11.1 Å². The normalized spacial score (nSPS) is 21.4. The molecule has 0 aromatic heterocycles. The third-order valence-corrected chi connectivity index (χ3v) is 4.31. The maximum absolute atomic E-state index is 12.5. The van der Waals surface area contributed by atoms with Gasteiger partial charge in [-0.2, -0.15) is 0 Å². The summed E-state index contributed by atoms with van der Waals surface area (Å²) < 4.78 is 0. The van der Waals surface area contributed by atoms with Gasteiger partial charge in [-0.1, -0.05) is 6.07 Å². The molecule has 3 atom stereocenters. The summed E-state index contributed by atoms with van der Waals surface area (Å²) in [4.78, 5) is 36.7. The van der Waals surface area contributed by atoms with E-state index in [0.717, 1.165) is 6.42 Å². The number of benzene rings is 1. The molecule has 1 aromatic rings. The summed E-state index contributed by atoms with van der Waals surface area (Å²) in [6.45, 7) is 4.69. The first-order chi connectivity index (χ1) is 11.3. The van der Waals surface area contributed by atoms with Crippen LogP contribution in [0.2, 0.25) is 0 Å². The minimum atomic E-state index is -0.712. The number of nitrogens with zero attached hydrogens (tertiary/aromatic N) is 2. The van der Waals surface area contributed by atoms with E-state index in [1.54, 1.807) is 11.8 Å². The molecule has 0 saturated carbocycles. The van der Waals surface area contributed by atoms with E-state index in [1.807, 2.05) is 6.92 Å². The van der Waals surface area contributed by atoms with Crippen molar-refractivity contribution in [2.45, 2.75) is 32.4 Å². The van der Waals surface area contributed by atoms with Crippen LogP contribution in [0.1, 0.15) is 30.6 Å². The number of hydrogen-bond acceptors (Lipinski definition) is 5. The highest BCUT2D eigenvalue weighted by Crippen LogP contribution is 2.23. The lowest BCUT2D eigenvalue weighted by Gasteiger charge is -2.25. The van der Waals surface area contributed by atoms with Crippen molar-refractivity contribution in [2.75, 3.05) is 13.1 Å². The predicted molar refractivity (Wildman–Crippen MR) is 88.4 cm³/mol. The molecule has 3 N–H and O–H groups in total. The first-order valence-electron chi connectivity index (χ1n) is 7.89. The van der Waals surface area contributed by atoms with Crippen LogP contribution in [0.25, 0.3) is 0 Å². The first-order valence-corrected chi connectivity index (χ1v) is 7.89. The van der Waals surface area contributed by atoms with E-state index < -0.39 is 16.9 Å². The first kappa shape index (κ1) is 17.9. The lowest BCUT2D eigenvalue weighted by molar-refractivity contribution is -0.384. The maximum atomic E-state index is 12.5. The highest BCUT2D eigenvalue weighted by molar-refractivity contribution is 5.97. The minimum absolute atomic E-state index is 0.0863. The van der Waals surface area contributed by atoms with E-state index in [9.17, 15) is 19.7 Å². The van der Waals surface area contributed by atoms with Crippen molar-refractivity contribution in [1.29, 1.82) is 0 Å². The van der Waals surface area contributed by atoms with Gasteiger partial charge in [0.15, 0.2) is 0 Å². The molecule has 1 aliphatic rings. The maximum Gasteiger partial charge on any atom is 0.270 e. The lowest BCUT2D eigenvalue weighted by Crippen LogP contribution is -2.48. The zero-order valence-electron chi connectivity index (χ0n) is 13.8. The fourth-order valence-electron chi connectivity index (χ4n) is 2.97. The van der Waals surface area contributed by atoms with Crippen LogP contribution in [-0.2, 0) is 4.79 Å². The van der Waals surface area contributed by atoms with Gasteiger partial charge in [0.1, 0.15) is 6.04 Å². The zero-order valence-corrected chi connectivity index (χ0v) is 13.8.